The molecule has 0 aliphatic carbocycles. The Morgan fingerprint density at radius 2 is 2.00 bits per heavy atom. The molecule has 3 nitrogen and oxygen atoms in total. The lowest BCUT2D eigenvalue weighted by atomic mass is 9.89. The van der Waals surface area contributed by atoms with Gasteiger partial charge in [-0.2, -0.15) is 0 Å². The summed E-state index contributed by atoms with van der Waals surface area (Å²) in [6, 6.07) is 0. The summed E-state index contributed by atoms with van der Waals surface area (Å²) in [5, 5.41) is 0. The number of nitrogens with two attached hydrogens (primary N) is 1. The second-order valence-electron chi connectivity index (χ2n) is 4.83. The van der Waals surface area contributed by atoms with Crippen LogP contribution in [-0.4, -0.2) is 55.1 Å². The molecule has 76 valence electrons. The van der Waals surface area contributed by atoms with Gasteiger partial charge in [-0.05, 0) is 45.9 Å². The maximum Gasteiger partial charge on any atom is 0.0412 e. The van der Waals surface area contributed by atoms with Crippen molar-refractivity contribution in [2.24, 2.45) is 5.73 Å². The summed E-state index contributed by atoms with van der Waals surface area (Å²) in [7, 11) is 2.18. The second kappa shape index (κ2) is 3.56. The van der Waals surface area contributed by atoms with E-state index in [0.29, 0.717) is 0 Å². The van der Waals surface area contributed by atoms with Crippen LogP contribution in [-0.2, 0) is 0 Å². The number of rotatable bonds is 2. The minimum absolute atomic E-state index is 0.0768. The first-order valence-corrected chi connectivity index (χ1v) is 5.38. The lowest BCUT2D eigenvalue weighted by Crippen LogP contribution is -2.61. The van der Waals surface area contributed by atoms with Gasteiger partial charge in [-0.1, -0.05) is 0 Å². The fourth-order valence-electron chi connectivity index (χ4n) is 2.51. The molecule has 0 aromatic carbocycles. The van der Waals surface area contributed by atoms with Crippen molar-refractivity contribution in [3.8, 4) is 0 Å². The zero-order valence-electron chi connectivity index (χ0n) is 8.63. The monoisotopic (exact) mass is 183 g/mol. The summed E-state index contributed by atoms with van der Waals surface area (Å²) in [6.07, 6.45) is 3.83. The van der Waals surface area contributed by atoms with Gasteiger partial charge in [-0.3, -0.25) is 0 Å². The van der Waals surface area contributed by atoms with E-state index in [2.05, 4.69) is 16.8 Å². The summed E-state index contributed by atoms with van der Waals surface area (Å²) in [4.78, 5) is 4.85. The number of piperidine rings is 1. The SMILES string of the molecule is CN1CCCC(N)(CN2CCC2)C1. The Morgan fingerprint density at radius 3 is 2.54 bits per heavy atom. The smallest absolute Gasteiger partial charge is 0.0412 e. The molecule has 1 unspecified atom stereocenters. The van der Waals surface area contributed by atoms with Crippen LogP contribution in [0.25, 0.3) is 0 Å². The van der Waals surface area contributed by atoms with Crippen LogP contribution in [0.5, 0.6) is 0 Å². The van der Waals surface area contributed by atoms with Gasteiger partial charge >= 0.3 is 0 Å². The Labute approximate surface area is 80.9 Å². The van der Waals surface area contributed by atoms with Gasteiger partial charge in [-0.25, -0.2) is 0 Å². The summed E-state index contributed by atoms with van der Waals surface area (Å²) in [5.74, 6) is 0. The Bertz CT molecular complexity index is 179. The molecule has 13 heavy (non-hydrogen) atoms. The minimum Gasteiger partial charge on any atom is -0.323 e. The molecule has 0 radical (unpaired) electrons. The second-order valence-corrected chi connectivity index (χ2v) is 4.83. The normalized spacial score (nSPS) is 37.4. The molecule has 0 bridgehead atoms. The zero-order chi connectivity index (χ0) is 9.31. The van der Waals surface area contributed by atoms with Crippen molar-refractivity contribution in [3.05, 3.63) is 0 Å². The summed E-state index contributed by atoms with van der Waals surface area (Å²) >= 11 is 0. The average Bonchev–Trinajstić information content (AvgIpc) is 1.97. The van der Waals surface area contributed by atoms with Crippen molar-refractivity contribution in [2.75, 3.05) is 39.8 Å². The Morgan fingerprint density at radius 1 is 1.23 bits per heavy atom. The van der Waals surface area contributed by atoms with Crippen molar-refractivity contribution in [1.29, 1.82) is 0 Å². The van der Waals surface area contributed by atoms with Gasteiger partial charge in [0.15, 0.2) is 0 Å². The van der Waals surface area contributed by atoms with E-state index in [0.717, 1.165) is 13.1 Å². The number of likely N-dealkylation sites (N-methyl/N-ethyl adjacent to an activating group) is 1. The number of nitrogens with zero attached hydrogens (tertiary/aromatic N) is 2. The summed E-state index contributed by atoms with van der Waals surface area (Å²) in [5.41, 5.74) is 6.45. The lowest BCUT2D eigenvalue weighted by molar-refractivity contribution is 0.0908. The minimum atomic E-state index is 0.0768. The van der Waals surface area contributed by atoms with E-state index < -0.39 is 0 Å². The third-order valence-corrected chi connectivity index (χ3v) is 3.29. The van der Waals surface area contributed by atoms with E-state index in [9.17, 15) is 0 Å². The van der Waals surface area contributed by atoms with Crippen LogP contribution in [0, 0.1) is 0 Å². The van der Waals surface area contributed by atoms with Crippen molar-refractivity contribution in [1.82, 2.24) is 9.80 Å². The predicted octanol–water partition coefficient (Wildman–Crippen LogP) is 0.115. The molecule has 2 aliphatic rings. The predicted molar refractivity (Wildman–Crippen MR) is 54.7 cm³/mol. The number of likely N-dealkylation sites (tertiary alicyclic amines) is 2. The highest BCUT2D eigenvalue weighted by Crippen LogP contribution is 2.21. The maximum absolute atomic E-state index is 6.38. The van der Waals surface area contributed by atoms with Gasteiger partial charge in [-0.15, -0.1) is 0 Å². The molecule has 2 saturated heterocycles. The standard InChI is InChI=1S/C10H21N3/c1-12-5-2-4-10(11,8-12)9-13-6-3-7-13/h2-9,11H2,1H3. The van der Waals surface area contributed by atoms with Crippen molar-refractivity contribution >= 4 is 0 Å². The molecule has 2 N–H and O–H groups in total. The van der Waals surface area contributed by atoms with Crippen LogP contribution in [0.15, 0.2) is 0 Å². The largest absolute Gasteiger partial charge is 0.323 e. The highest BCUT2D eigenvalue weighted by atomic mass is 15.2. The molecule has 2 fully saturated rings. The highest BCUT2D eigenvalue weighted by Gasteiger charge is 2.33. The van der Waals surface area contributed by atoms with Gasteiger partial charge in [0.05, 0.1) is 0 Å². The van der Waals surface area contributed by atoms with Crippen LogP contribution in [0.2, 0.25) is 0 Å². The molecule has 0 amide bonds. The fraction of sp³-hybridized carbons (Fsp3) is 1.00. The first-order valence-electron chi connectivity index (χ1n) is 5.38. The van der Waals surface area contributed by atoms with E-state index in [-0.39, 0.29) is 5.54 Å². The molecular formula is C10H21N3. The van der Waals surface area contributed by atoms with Gasteiger partial charge < -0.3 is 15.5 Å². The Balaban J connectivity index is 1.85. The van der Waals surface area contributed by atoms with Gasteiger partial charge in [0, 0.05) is 18.6 Å². The molecule has 0 aromatic rings. The quantitative estimate of drug-likeness (QED) is 0.660. The molecule has 0 aromatic heterocycles. The molecule has 0 spiro atoms. The molecule has 3 heteroatoms. The molecule has 1 atom stereocenters. The van der Waals surface area contributed by atoms with Crippen LogP contribution in [0.1, 0.15) is 19.3 Å². The van der Waals surface area contributed by atoms with Crippen molar-refractivity contribution in [3.63, 3.8) is 0 Å². The molecule has 2 aliphatic heterocycles. The first-order chi connectivity index (χ1) is 6.18. The van der Waals surface area contributed by atoms with Crippen molar-refractivity contribution in [2.45, 2.75) is 24.8 Å². The topological polar surface area (TPSA) is 32.5 Å². The number of hydrogen-bond donors (Lipinski definition) is 1. The van der Waals surface area contributed by atoms with E-state index >= 15 is 0 Å². The third-order valence-electron chi connectivity index (χ3n) is 3.29. The molecular weight excluding hydrogens is 162 g/mol. The van der Waals surface area contributed by atoms with E-state index in [4.69, 9.17) is 5.73 Å². The molecule has 2 rings (SSSR count). The zero-order valence-corrected chi connectivity index (χ0v) is 8.63. The Hall–Kier alpha value is -0.120. The van der Waals surface area contributed by atoms with E-state index in [1.807, 2.05) is 0 Å². The number of hydrogen-bond acceptors (Lipinski definition) is 3. The van der Waals surface area contributed by atoms with Crippen LogP contribution >= 0.6 is 0 Å². The van der Waals surface area contributed by atoms with Gasteiger partial charge in [0.2, 0.25) is 0 Å². The average molecular weight is 183 g/mol. The molecule has 0 saturated carbocycles. The van der Waals surface area contributed by atoms with Crippen LogP contribution in [0.4, 0.5) is 0 Å². The highest BCUT2D eigenvalue weighted by molar-refractivity contribution is 4.94. The maximum atomic E-state index is 6.38. The molecule has 2 heterocycles. The van der Waals surface area contributed by atoms with Gasteiger partial charge in [0.1, 0.15) is 0 Å². The lowest BCUT2D eigenvalue weighted by Gasteiger charge is -2.44. The summed E-state index contributed by atoms with van der Waals surface area (Å²) in [6.45, 7) is 5.94. The summed E-state index contributed by atoms with van der Waals surface area (Å²) < 4.78 is 0. The fourth-order valence-corrected chi connectivity index (χ4v) is 2.51. The van der Waals surface area contributed by atoms with Crippen molar-refractivity contribution < 1.29 is 0 Å². The van der Waals surface area contributed by atoms with E-state index in [1.165, 1.54) is 38.9 Å². The third kappa shape index (κ3) is 2.22. The Kier molecular flexibility index (Phi) is 2.58. The van der Waals surface area contributed by atoms with E-state index in [1.54, 1.807) is 0 Å². The first kappa shape index (κ1) is 9.44. The van der Waals surface area contributed by atoms with Crippen LogP contribution in [0.3, 0.4) is 0 Å². The van der Waals surface area contributed by atoms with Crippen LogP contribution < -0.4 is 5.73 Å². The van der Waals surface area contributed by atoms with Gasteiger partial charge in [0.25, 0.3) is 0 Å².